The molecule has 0 bridgehead atoms. The number of urea groups is 1. The van der Waals surface area contributed by atoms with E-state index in [0.717, 1.165) is 24.2 Å². The van der Waals surface area contributed by atoms with Gasteiger partial charge in [0.25, 0.3) is 0 Å². The Labute approximate surface area is 193 Å². The fraction of sp³-hybridized carbons (Fsp3) is 0.400. The summed E-state index contributed by atoms with van der Waals surface area (Å²) in [6, 6.07) is 17.2. The molecule has 8 nitrogen and oxygen atoms in total. The van der Waals surface area contributed by atoms with Gasteiger partial charge in [-0.15, -0.1) is 0 Å². The first-order chi connectivity index (χ1) is 16.1. The lowest BCUT2D eigenvalue weighted by Crippen LogP contribution is -2.41. The average molecular weight is 450 g/mol. The zero-order valence-electron chi connectivity index (χ0n) is 19.2. The predicted molar refractivity (Wildman–Crippen MR) is 128 cm³/mol. The second kappa shape index (κ2) is 10.4. The zero-order valence-corrected chi connectivity index (χ0v) is 19.2. The number of nitrogens with one attached hydrogen (secondary N) is 1. The van der Waals surface area contributed by atoms with Crippen molar-refractivity contribution >= 4 is 11.7 Å². The van der Waals surface area contributed by atoms with Crippen LogP contribution < -0.4 is 15.7 Å². The summed E-state index contributed by atoms with van der Waals surface area (Å²) in [7, 11) is 0. The largest absolute Gasteiger partial charge is 0.492 e. The lowest BCUT2D eigenvalue weighted by molar-refractivity contribution is 0.192. The Morgan fingerprint density at radius 2 is 1.76 bits per heavy atom. The summed E-state index contributed by atoms with van der Waals surface area (Å²) in [4.78, 5) is 27.6. The van der Waals surface area contributed by atoms with Gasteiger partial charge < -0.3 is 15.0 Å². The van der Waals surface area contributed by atoms with E-state index < -0.39 is 0 Å². The number of nitrogens with zero attached hydrogens (tertiary/aromatic N) is 4. The quantitative estimate of drug-likeness (QED) is 0.593. The molecule has 1 aliphatic heterocycles. The van der Waals surface area contributed by atoms with Crippen LogP contribution in [-0.4, -0.2) is 45.0 Å². The van der Waals surface area contributed by atoms with Crippen molar-refractivity contribution in [2.75, 3.05) is 25.0 Å². The Bertz CT molecular complexity index is 1130. The summed E-state index contributed by atoms with van der Waals surface area (Å²) in [6.45, 7) is 6.68. The molecule has 3 aromatic rings. The number of rotatable bonds is 7. The van der Waals surface area contributed by atoms with Gasteiger partial charge in [-0.1, -0.05) is 42.5 Å². The standard InChI is InChI=1S/C25H31N5O3/c1-3-29-23(27-30(25(29)32)18-19-10-6-5-7-11-19)20-14-16-28(17-15-20)24(31)26-21-12-8-9-13-22(21)33-4-2/h5-13,20H,3-4,14-18H2,1-2H3,(H,26,31). The number of carbonyl (C=O) groups excluding carboxylic acids is 1. The number of amides is 2. The molecule has 4 rings (SSSR count). The number of likely N-dealkylation sites (tertiary alicyclic amines) is 1. The highest BCUT2D eigenvalue weighted by atomic mass is 16.5. The van der Waals surface area contributed by atoms with Gasteiger partial charge in [0.15, 0.2) is 0 Å². The minimum Gasteiger partial charge on any atom is -0.492 e. The van der Waals surface area contributed by atoms with Crippen LogP contribution in [0.3, 0.4) is 0 Å². The fourth-order valence-electron chi connectivity index (χ4n) is 4.30. The molecule has 0 radical (unpaired) electrons. The molecule has 1 N–H and O–H groups in total. The Hall–Kier alpha value is -3.55. The lowest BCUT2D eigenvalue weighted by Gasteiger charge is -2.31. The van der Waals surface area contributed by atoms with E-state index in [1.54, 1.807) is 9.25 Å². The van der Waals surface area contributed by atoms with Crippen LogP contribution in [0.2, 0.25) is 0 Å². The van der Waals surface area contributed by atoms with Crippen LogP contribution in [-0.2, 0) is 13.1 Å². The molecule has 8 heteroatoms. The molecule has 2 amide bonds. The molecule has 2 heterocycles. The number of benzene rings is 2. The molecule has 1 aliphatic rings. The molecule has 2 aromatic carbocycles. The monoisotopic (exact) mass is 449 g/mol. The SMILES string of the molecule is CCOc1ccccc1NC(=O)N1CCC(c2nn(Cc3ccccc3)c(=O)n2CC)CC1. The summed E-state index contributed by atoms with van der Waals surface area (Å²) < 4.78 is 8.92. The van der Waals surface area contributed by atoms with Crippen LogP contribution >= 0.6 is 0 Å². The van der Waals surface area contributed by atoms with Gasteiger partial charge in [-0.05, 0) is 44.4 Å². The summed E-state index contributed by atoms with van der Waals surface area (Å²) in [6.07, 6.45) is 1.53. The number of carbonyl (C=O) groups is 1. The third kappa shape index (κ3) is 5.10. The molecule has 0 aliphatic carbocycles. The first-order valence-corrected chi connectivity index (χ1v) is 11.6. The van der Waals surface area contributed by atoms with E-state index in [1.807, 2.05) is 73.3 Å². The van der Waals surface area contributed by atoms with Crippen molar-refractivity contribution in [3.05, 3.63) is 76.5 Å². The number of hydrogen-bond donors (Lipinski definition) is 1. The summed E-state index contributed by atoms with van der Waals surface area (Å²) in [5.41, 5.74) is 1.64. The minimum absolute atomic E-state index is 0.0796. The van der Waals surface area contributed by atoms with Crippen molar-refractivity contribution in [2.45, 2.75) is 45.7 Å². The van der Waals surface area contributed by atoms with Crippen molar-refractivity contribution in [2.24, 2.45) is 0 Å². The number of hydrogen-bond acceptors (Lipinski definition) is 4. The van der Waals surface area contributed by atoms with Gasteiger partial charge in [0.2, 0.25) is 0 Å². The van der Waals surface area contributed by atoms with Crippen molar-refractivity contribution < 1.29 is 9.53 Å². The maximum absolute atomic E-state index is 12.9. The normalized spacial score (nSPS) is 14.3. The third-order valence-corrected chi connectivity index (χ3v) is 6.02. The minimum atomic E-state index is -0.136. The van der Waals surface area contributed by atoms with Gasteiger partial charge in [0.1, 0.15) is 11.6 Å². The van der Waals surface area contributed by atoms with Gasteiger partial charge in [-0.3, -0.25) is 4.57 Å². The average Bonchev–Trinajstić information content (AvgIpc) is 3.16. The van der Waals surface area contributed by atoms with E-state index in [2.05, 4.69) is 5.32 Å². The molecular weight excluding hydrogens is 418 g/mol. The summed E-state index contributed by atoms with van der Waals surface area (Å²) >= 11 is 0. The highest BCUT2D eigenvalue weighted by Gasteiger charge is 2.28. The number of piperidine rings is 1. The predicted octanol–water partition coefficient (Wildman–Crippen LogP) is 3.92. The molecule has 0 atom stereocenters. The van der Waals surface area contributed by atoms with E-state index >= 15 is 0 Å². The van der Waals surface area contributed by atoms with E-state index in [-0.39, 0.29) is 17.6 Å². The van der Waals surface area contributed by atoms with Gasteiger partial charge in [-0.25, -0.2) is 14.3 Å². The van der Waals surface area contributed by atoms with Crippen LogP contribution in [0.15, 0.2) is 59.4 Å². The Balaban J connectivity index is 1.42. The molecule has 174 valence electrons. The molecule has 0 unspecified atom stereocenters. The van der Waals surface area contributed by atoms with Gasteiger partial charge in [-0.2, -0.15) is 5.10 Å². The maximum Gasteiger partial charge on any atom is 0.346 e. The number of para-hydroxylation sites is 2. The highest BCUT2D eigenvalue weighted by molar-refractivity contribution is 5.91. The third-order valence-electron chi connectivity index (χ3n) is 6.02. The van der Waals surface area contributed by atoms with Crippen molar-refractivity contribution in [3.8, 4) is 5.75 Å². The molecular formula is C25H31N5O3. The Morgan fingerprint density at radius 3 is 2.45 bits per heavy atom. The van der Waals surface area contributed by atoms with E-state index in [1.165, 1.54) is 0 Å². The van der Waals surface area contributed by atoms with Crippen molar-refractivity contribution in [1.29, 1.82) is 0 Å². The van der Waals surface area contributed by atoms with Crippen LogP contribution in [0.5, 0.6) is 5.75 Å². The molecule has 1 aromatic heterocycles. The lowest BCUT2D eigenvalue weighted by atomic mass is 9.96. The topological polar surface area (TPSA) is 81.4 Å². The number of aromatic nitrogens is 3. The maximum atomic E-state index is 12.9. The second-order valence-corrected chi connectivity index (χ2v) is 8.15. The molecule has 0 saturated carbocycles. The fourth-order valence-corrected chi connectivity index (χ4v) is 4.30. The molecule has 33 heavy (non-hydrogen) atoms. The molecule has 1 saturated heterocycles. The van der Waals surface area contributed by atoms with E-state index in [0.29, 0.717) is 44.2 Å². The molecule has 0 spiro atoms. The molecule has 1 fully saturated rings. The first-order valence-electron chi connectivity index (χ1n) is 11.6. The number of anilines is 1. The number of ether oxygens (including phenoxy) is 1. The van der Waals surface area contributed by atoms with Gasteiger partial charge in [0.05, 0.1) is 18.8 Å². The van der Waals surface area contributed by atoms with Crippen LogP contribution in [0.25, 0.3) is 0 Å². The van der Waals surface area contributed by atoms with Crippen LogP contribution in [0.1, 0.15) is 44.0 Å². The smallest absolute Gasteiger partial charge is 0.346 e. The highest BCUT2D eigenvalue weighted by Crippen LogP contribution is 2.28. The van der Waals surface area contributed by atoms with Crippen LogP contribution in [0.4, 0.5) is 10.5 Å². The van der Waals surface area contributed by atoms with Crippen LogP contribution in [0, 0.1) is 0 Å². The summed E-state index contributed by atoms with van der Waals surface area (Å²) in [5.74, 6) is 1.63. The van der Waals surface area contributed by atoms with Gasteiger partial charge >= 0.3 is 11.7 Å². The Kier molecular flexibility index (Phi) is 7.12. The zero-order chi connectivity index (χ0) is 23.2. The summed E-state index contributed by atoms with van der Waals surface area (Å²) in [5, 5.41) is 7.67. The van der Waals surface area contributed by atoms with Crippen molar-refractivity contribution in [1.82, 2.24) is 19.2 Å². The first kappa shape index (κ1) is 22.6. The van der Waals surface area contributed by atoms with E-state index in [4.69, 9.17) is 9.84 Å². The van der Waals surface area contributed by atoms with E-state index in [9.17, 15) is 9.59 Å². The second-order valence-electron chi connectivity index (χ2n) is 8.15. The van der Waals surface area contributed by atoms with Crippen molar-refractivity contribution in [3.63, 3.8) is 0 Å². The Morgan fingerprint density at radius 1 is 1.06 bits per heavy atom. The van der Waals surface area contributed by atoms with Gasteiger partial charge in [0, 0.05) is 25.6 Å².